The van der Waals surface area contributed by atoms with Crippen LogP contribution in [0.5, 0.6) is 5.75 Å². The maximum atomic E-state index is 6.52. The lowest BCUT2D eigenvalue weighted by atomic mass is 9.96. The number of amidine groups is 1. The number of hydrogen-bond donors (Lipinski definition) is 0. The fourth-order valence-electron chi connectivity index (χ4n) is 3.53. The number of ether oxygens (including phenoxy) is 1. The molecule has 0 N–H and O–H groups in total. The fraction of sp³-hybridized carbons (Fsp3) is 0.400. The van der Waals surface area contributed by atoms with Crippen LogP contribution in [0.25, 0.3) is 0 Å². The molecule has 4 nitrogen and oxygen atoms in total. The number of aromatic nitrogens is 1. The molecule has 0 saturated carbocycles. The molecular formula is C20H22ClN3OS. The van der Waals surface area contributed by atoms with Crippen LogP contribution in [-0.2, 0) is 0 Å². The van der Waals surface area contributed by atoms with Crippen LogP contribution in [0.2, 0.25) is 5.02 Å². The summed E-state index contributed by atoms with van der Waals surface area (Å²) in [6.45, 7) is 7.23. The molecule has 0 radical (unpaired) electrons. The molecule has 3 heterocycles. The summed E-state index contributed by atoms with van der Waals surface area (Å²) in [5.74, 6) is 0.725. The Morgan fingerprint density at radius 3 is 2.81 bits per heavy atom. The molecule has 1 aromatic carbocycles. The molecule has 1 aromatic heterocycles. The third kappa shape index (κ3) is 3.30. The van der Waals surface area contributed by atoms with E-state index in [0.717, 1.165) is 28.7 Å². The van der Waals surface area contributed by atoms with Gasteiger partial charge in [0.05, 0.1) is 22.9 Å². The number of hydrogen-bond acceptors (Lipinski definition) is 5. The van der Waals surface area contributed by atoms with Crippen molar-refractivity contribution < 1.29 is 4.74 Å². The number of halogens is 1. The quantitative estimate of drug-likeness (QED) is 0.730. The first kappa shape index (κ1) is 17.7. The third-order valence-electron chi connectivity index (χ3n) is 4.54. The van der Waals surface area contributed by atoms with E-state index >= 15 is 0 Å². The van der Waals surface area contributed by atoms with Gasteiger partial charge in [-0.05, 0) is 43.7 Å². The van der Waals surface area contributed by atoms with Crippen molar-refractivity contribution in [3.63, 3.8) is 0 Å². The van der Waals surface area contributed by atoms with Crippen molar-refractivity contribution >= 4 is 28.5 Å². The van der Waals surface area contributed by atoms with Crippen molar-refractivity contribution in [3.8, 4) is 5.75 Å². The highest BCUT2D eigenvalue weighted by molar-refractivity contribution is 8.14. The van der Waals surface area contributed by atoms with Crippen molar-refractivity contribution in [3.05, 3.63) is 58.9 Å². The molecule has 136 valence electrons. The van der Waals surface area contributed by atoms with Gasteiger partial charge in [-0.3, -0.25) is 9.98 Å². The Morgan fingerprint density at radius 2 is 2.12 bits per heavy atom. The van der Waals surface area contributed by atoms with E-state index in [1.54, 1.807) is 0 Å². The van der Waals surface area contributed by atoms with Gasteiger partial charge in [-0.2, -0.15) is 0 Å². The predicted octanol–water partition coefficient (Wildman–Crippen LogP) is 5.11. The zero-order valence-electron chi connectivity index (χ0n) is 15.1. The van der Waals surface area contributed by atoms with Gasteiger partial charge in [0.1, 0.15) is 11.8 Å². The van der Waals surface area contributed by atoms with Gasteiger partial charge in [0.2, 0.25) is 0 Å². The molecule has 0 unspecified atom stereocenters. The van der Waals surface area contributed by atoms with Crippen LogP contribution in [0.1, 0.15) is 44.1 Å². The first-order valence-corrected chi connectivity index (χ1v) is 10.2. The Kier molecular flexibility index (Phi) is 4.84. The molecule has 2 aromatic rings. The zero-order chi connectivity index (χ0) is 18.3. The highest BCUT2D eigenvalue weighted by atomic mass is 35.5. The minimum Gasteiger partial charge on any atom is -0.489 e. The average Bonchev–Trinajstić information content (AvgIpc) is 3.13. The summed E-state index contributed by atoms with van der Waals surface area (Å²) >= 11 is 8.35. The smallest absolute Gasteiger partial charge is 0.160 e. The van der Waals surface area contributed by atoms with E-state index in [-0.39, 0.29) is 18.2 Å². The molecule has 6 heteroatoms. The van der Waals surface area contributed by atoms with Crippen molar-refractivity contribution in [1.29, 1.82) is 0 Å². The van der Waals surface area contributed by atoms with Crippen LogP contribution < -0.4 is 4.74 Å². The topological polar surface area (TPSA) is 37.7 Å². The molecule has 0 bridgehead atoms. The van der Waals surface area contributed by atoms with Crippen molar-refractivity contribution in [2.24, 2.45) is 4.99 Å². The summed E-state index contributed by atoms with van der Waals surface area (Å²) in [5, 5.41) is 2.29. The monoisotopic (exact) mass is 387 g/mol. The highest BCUT2D eigenvalue weighted by Gasteiger charge is 2.43. The van der Waals surface area contributed by atoms with E-state index in [1.807, 2.05) is 56.1 Å². The molecule has 1 saturated heterocycles. The van der Waals surface area contributed by atoms with E-state index in [9.17, 15) is 0 Å². The van der Waals surface area contributed by atoms with Crippen molar-refractivity contribution in [1.82, 2.24) is 9.88 Å². The minimum atomic E-state index is -0.0147. The summed E-state index contributed by atoms with van der Waals surface area (Å²) < 4.78 is 5.79. The first-order chi connectivity index (χ1) is 12.5. The van der Waals surface area contributed by atoms with Crippen LogP contribution in [0, 0.1) is 0 Å². The summed E-state index contributed by atoms with van der Waals surface area (Å²) in [5.41, 5.74) is 2.14. The number of pyridine rings is 1. The second kappa shape index (κ2) is 7.12. The summed E-state index contributed by atoms with van der Waals surface area (Å²) in [4.78, 5) is 12.0. The Morgan fingerprint density at radius 1 is 1.27 bits per heavy atom. The van der Waals surface area contributed by atoms with E-state index in [2.05, 4.69) is 28.9 Å². The normalized spacial score (nSPS) is 24.7. The Labute approximate surface area is 163 Å². The maximum Gasteiger partial charge on any atom is 0.160 e. The van der Waals surface area contributed by atoms with Crippen LogP contribution in [0.15, 0.2) is 47.6 Å². The molecule has 0 amide bonds. The lowest BCUT2D eigenvalue weighted by Gasteiger charge is -2.27. The maximum absolute atomic E-state index is 6.52. The Bertz CT molecular complexity index is 827. The van der Waals surface area contributed by atoms with E-state index < -0.39 is 0 Å². The minimum absolute atomic E-state index is 0.0147. The molecule has 3 atom stereocenters. The number of rotatable bonds is 4. The van der Waals surface area contributed by atoms with Crippen molar-refractivity contribution in [2.45, 2.75) is 44.2 Å². The second-order valence-electron chi connectivity index (χ2n) is 6.99. The number of fused-ring (bicyclic) bond motifs is 1. The SMILES string of the molecule is CC(C)Oc1ccc([C@@H]2[C@H](c3ccccn3)N=C3S[C@H](C)CN32)cc1Cl. The van der Waals surface area contributed by atoms with E-state index in [1.165, 1.54) is 0 Å². The van der Waals surface area contributed by atoms with Crippen LogP contribution >= 0.6 is 23.4 Å². The van der Waals surface area contributed by atoms with Gasteiger partial charge >= 0.3 is 0 Å². The summed E-state index contributed by atoms with van der Waals surface area (Å²) in [7, 11) is 0. The summed E-state index contributed by atoms with van der Waals surface area (Å²) in [6, 6.07) is 12.2. The van der Waals surface area contributed by atoms with Crippen LogP contribution in [-0.4, -0.2) is 33.0 Å². The lowest BCUT2D eigenvalue weighted by Crippen LogP contribution is -2.28. The Balaban J connectivity index is 1.71. The molecular weight excluding hydrogens is 366 g/mol. The highest BCUT2D eigenvalue weighted by Crippen LogP contribution is 2.48. The van der Waals surface area contributed by atoms with Gasteiger partial charge < -0.3 is 9.64 Å². The van der Waals surface area contributed by atoms with Gasteiger partial charge in [-0.1, -0.05) is 42.4 Å². The average molecular weight is 388 g/mol. The molecule has 26 heavy (non-hydrogen) atoms. The molecule has 1 fully saturated rings. The van der Waals surface area contributed by atoms with Gasteiger partial charge in [0, 0.05) is 18.0 Å². The second-order valence-corrected chi connectivity index (χ2v) is 8.81. The van der Waals surface area contributed by atoms with E-state index in [0.29, 0.717) is 10.3 Å². The largest absolute Gasteiger partial charge is 0.489 e. The van der Waals surface area contributed by atoms with E-state index in [4.69, 9.17) is 21.3 Å². The number of nitrogens with zero attached hydrogens (tertiary/aromatic N) is 3. The van der Waals surface area contributed by atoms with Crippen LogP contribution in [0.4, 0.5) is 0 Å². The number of benzene rings is 1. The fourth-order valence-corrected chi connectivity index (χ4v) is 4.86. The number of thioether (sulfide) groups is 1. The van der Waals surface area contributed by atoms with Gasteiger partial charge in [-0.25, -0.2) is 0 Å². The third-order valence-corrected chi connectivity index (χ3v) is 5.94. The van der Waals surface area contributed by atoms with Gasteiger partial charge in [0.25, 0.3) is 0 Å². The zero-order valence-corrected chi connectivity index (χ0v) is 16.7. The first-order valence-electron chi connectivity index (χ1n) is 8.91. The van der Waals surface area contributed by atoms with Crippen molar-refractivity contribution in [2.75, 3.05) is 6.54 Å². The molecule has 2 aliphatic rings. The molecule has 0 spiro atoms. The molecule has 2 aliphatic heterocycles. The van der Waals surface area contributed by atoms with Gasteiger partial charge in [0.15, 0.2) is 5.17 Å². The Hall–Kier alpha value is -1.72. The number of aliphatic imine (C=N–C) groups is 1. The molecule has 0 aliphatic carbocycles. The predicted molar refractivity (Wildman–Crippen MR) is 108 cm³/mol. The van der Waals surface area contributed by atoms with Gasteiger partial charge in [-0.15, -0.1) is 0 Å². The molecule has 4 rings (SSSR count). The standard InChI is InChI=1S/C20H22ClN3OS/c1-12(2)25-17-8-7-14(10-15(17)21)19-18(16-6-4-5-9-22-16)23-20-24(19)11-13(3)26-20/h4-10,12-13,18-19H,11H2,1-3H3/t13-,18+,19-/m1/s1. The lowest BCUT2D eigenvalue weighted by molar-refractivity contribution is 0.242. The van der Waals surface area contributed by atoms with Crippen LogP contribution in [0.3, 0.4) is 0 Å². The summed E-state index contributed by atoms with van der Waals surface area (Å²) in [6.07, 6.45) is 1.93.